The Labute approximate surface area is 316 Å². The number of hydrogen-bond donors (Lipinski definition) is 0. The van der Waals surface area contributed by atoms with E-state index in [-0.39, 0.29) is 32.2 Å². The van der Waals surface area contributed by atoms with E-state index in [2.05, 4.69) is 67.2 Å². The molecule has 2 heterocycles. The van der Waals surface area contributed by atoms with E-state index in [9.17, 15) is 0 Å². The molecule has 292 valence electrons. The number of unbranched alkanes of at least 4 members (excludes halogenated alkanes) is 3. The average molecular weight is 747 g/mol. The van der Waals surface area contributed by atoms with Gasteiger partial charge in [-0.05, 0) is 75.1 Å². The molecule has 0 aromatic carbocycles. The van der Waals surface area contributed by atoms with E-state index in [0.29, 0.717) is 0 Å². The number of rotatable bonds is 22. The fraction of sp³-hybridized carbons (Fsp3) is 0.868. The molecule has 0 radical (unpaired) electrons. The molecule has 1 aliphatic heterocycles. The van der Waals surface area contributed by atoms with Crippen LogP contribution >= 0.6 is 36.6 Å². The smallest absolute Gasteiger partial charge is 0.0474 e. The van der Waals surface area contributed by atoms with Gasteiger partial charge in [-0.25, -0.2) is 0 Å². The molecule has 1 atom stereocenters. The van der Waals surface area contributed by atoms with Gasteiger partial charge in [-0.3, -0.25) is 4.98 Å². The molecule has 0 N–H and O–H groups in total. The van der Waals surface area contributed by atoms with E-state index in [4.69, 9.17) is 18.9 Å². The van der Waals surface area contributed by atoms with Crippen LogP contribution in [0.2, 0.25) is 0 Å². The predicted molar refractivity (Wildman–Crippen MR) is 219 cm³/mol. The van der Waals surface area contributed by atoms with Gasteiger partial charge in [0.1, 0.15) is 0 Å². The van der Waals surface area contributed by atoms with E-state index < -0.39 is 0 Å². The van der Waals surface area contributed by atoms with Crippen LogP contribution in [0.3, 0.4) is 0 Å². The van der Waals surface area contributed by atoms with Crippen molar-refractivity contribution < 1.29 is 18.9 Å². The molecular weight excluding hydrogens is 665 g/mol. The number of nitrogens with zero attached hydrogens (tertiary/aromatic N) is 3. The zero-order chi connectivity index (χ0) is 33.8. The maximum absolute atomic E-state index is 5.00. The minimum Gasteiger partial charge on any atom is -0.385 e. The van der Waals surface area contributed by atoms with Crippen molar-refractivity contribution in [3.8, 4) is 0 Å². The van der Waals surface area contributed by atoms with E-state index in [1.165, 1.54) is 81.8 Å². The van der Waals surface area contributed by atoms with Crippen LogP contribution in [-0.2, 0) is 25.4 Å². The first kappa shape index (κ1) is 57.2. The van der Waals surface area contributed by atoms with E-state index in [0.717, 1.165) is 70.6 Å². The monoisotopic (exact) mass is 746 g/mol. The zero-order valence-electron chi connectivity index (χ0n) is 32.0. The Hall–Kier alpha value is -0.160. The highest BCUT2D eigenvalue weighted by Gasteiger charge is 2.08. The van der Waals surface area contributed by atoms with Crippen LogP contribution in [0.5, 0.6) is 0 Å². The maximum Gasteiger partial charge on any atom is 0.0474 e. The van der Waals surface area contributed by atoms with Crippen molar-refractivity contribution in [3.63, 3.8) is 0 Å². The maximum atomic E-state index is 5.00. The lowest BCUT2D eigenvalue weighted by Crippen LogP contribution is -2.33. The van der Waals surface area contributed by atoms with Crippen molar-refractivity contribution in [1.29, 1.82) is 0 Å². The van der Waals surface area contributed by atoms with Crippen molar-refractivity contribution in [2.45, 2.75) is 99.8 Å². The predicted octanol–water partition coefficient (Wildman–Crippen LogP) is 9.45. The third-order valence-electron chi connectivity index (χ3n) is 8.08. The summed E-state index contributed by atoms with van der Waals surface area (Å²) in [6.45, 7) is 22.1. The summed E-state index contributed by atoms with van der Waals surface area (Å²) in [7, 11) is 7.04. The largest absolute Gasteiger partial charge is 0.385 e. The van der Waals surface area contributed by atoms with Gasteiger partial charge < -0.3 is 28.7 Å². The van der Waals surface area contributed by atoms with Gasteiger partial charge in [-0.1, -0.05) is 67.4 Å². The topological polar surface area (TPSA) is 56.3 Å². The highest BCUT2D eigenvalue weighted by molar-refractivity contribution is 7.99. The Morgan fingerprint density at radius 1 is 0.771 bits per heavy atom. The SMILES string of the molecule is C.CCN(CC)CCCOC.COCCCCC(C)C(C)C.COCCCCCc1cccnc1.COCCCN1CCSCC1.Cl.Cl. The average Bonchev–Trinajstić information content (AvgIpc) is 3.07. The van der Waals surface area contributed by atoms with Gasteiger partial charge in [-0.15, -0.1) is 24.8 Å². The molecule has 1 aliphatic rings. The van der Waals surface area contributed by atoms with E-state index in [1.807, 2.05) is 18.5 Å². The normalized spacial score (nSPS) is 12.9. The fourth-order valence-corrected chi connectivity index (χ4v) is 5.55. The van der Waals surface area contributed by atoms with Gasteiger partial charge in [0, 0.05) is 105 Å². The molecule has 1 aromatic heterocycles. The first-order chi connectivity index (χ1) is 21.9. The van der Waals surface area contributed by atoms with Gasteiger partial charge in [0.25, 0.3) is 0 Å². The Morgan fingerprint density at radius 3 is 1.81 bits per heavy atom. The quantitative estimate of drug-likeness (QED) is 0.109. The minimum absolute atomic E-state index is 0. The molecule has 0 spiro atoms. The van der Waals surface area contributed by atoms with Crippen molar-refractivity contribution in [3.05, 3.63) is 30.1 Å². The molecule has 0 saturated carbocycles. The number of methoxy groups -OCH3 is 4. The third-order valence-corrected chi connectivity index (χ3v) is 9.02. The molecule has 0 amide bonds. The summed E-state index contributed by atoms with van der Waals surface area (Å²) < 4.78 is 19.9. The standard InChI is InChI=1S/C11H17NO.C10H22O.C8H17NOS.C8H19NO.CH4.2ClH/c1-13-9-4-2-3-6-11-7-5-8-12-10-11;1-9(2)10(3)7-5-6-8-11-4;1-10-6-2-3-9-4-7-11-8-5-9;1-4-9(5-2)7-6-8-10-3;;;/h5,7-8,10H,2-4,6,9H2,1H3;9-10H,5-8H2,1-4H3;2-8H2,1H3;4-8H2,1-3H3;1H4;2*1H. The first-order valence-corrected chi connectivity index (χ1v) is 18.9. The van der Waals surface area contributed by atoms with E-state index in [1.54, 1.807) is 28.4 Å². The summed E-state index contributed by atoms with van der Waals surface area (Å²) in [5.41, 5.74) is 1.33. The molecule has 7 nitrogen and oxygen atoms in total. The van der Waals surface area contributed by atoms with Crippen LogP contribution < -0.4 is 0 Å². The second-order valence-electron chi connectivity index (χ2n) is 12.0. The van der Waals surface area contributed by atoms with Gasteiger partial charge in [0.2, 0.25) is 0 Å². The Balaban J connectivity index is -0.000000169. The molecular formula is C38H81Cl2N3O4S. The number of pyridine rings is 1. The lowest BCUT2D eigenvalue weighted by Gasteiger charge is -2.25. The molecule has 2 rings (SSSR count). The third kappa shape index (κ3) is 42.0. The van der Waals surface area contributed by atoms with Crippen LogP contribution in [0.25, 0.3) is 0 Å². The van der Waals surface area contributed by atoms with Crippen molar-refractivity contribution in [1.82, 2.24) is 14.8 Å². The molecule has 48 heavy (non-hydrogen) atoms. The lowest BCUT2D eigenvalue weighted by atomic mass is 9.93. The summed E-state index contributed by atoms with van der Waals surface area (Å²) in [6.07, 6.45) is 14.7. The van der Waals surface area contributed by atoms with Crippen molar-refractivity contribution >= 4 is 36.6 Å². The summed E-state index contributed by atoms with van der Waals surface area (Å²) in [6, 6.07) is 4.12. The van der Waals surface area contributed by atoms with Crippen LogP contribution in [-0.4, -0.2) is 120 Å². The zero-order valence-corrected chi connectivity index (χ0v) is 34.5. The molecule has 1 fully saturated rings. The van der Waals surface area contributed by atoms with Gasteiger partial charge >= 0.3 is 0 Å². The molecule has 0 aliphatic carbocycles. The highest BCUT2D eigenvalue weighted by Crippen LogP contribution is 2.16. The highest BCUT2D eigenvalue weighted by atomic mass is 35.5. The molecule has 0 bridgehead atoms. The van der Waals surface area contributed by atoms with Crippen LogP contribution in [0, 0.1) is 11.8 Å². The van der Waals surface area contributed by atoms with Gasteiger partial charge in [0.15, 0.2) is 0 Å². The second-order valence-corrected chi connectivity index (χ2v) is 13.3. The Bertz CT molecular complexity index is 675. The second kappa shape index (κ2) is 46.8. The number of aromatic nitrogens is 1. The summed E-state index contributed by atoms with van der Waals surface area (Å²) in [4.78, 5) is 9.00. The van der Waals surface area contributed by atoms with Gasteiger partial charge in [-0.2, -0.15) is 11.8 Å². The van der Waals surface area contributed by atoms with E-state index >= 15 is 0 Å². The summed E-state index contributed by atoms with van der Waals surface area (Å²) >= 11 is 2.06. The number of ether oxygens (including phenoxy) is 4. The first-order valence-electron chi connectivity index (χ1n) is 17.8. The molecule has 1 saturated heterocycles. The number of aryl methyl sites for hydroxylation is 1. The molecule has 10 heteroatoms. The Morgan fingerprint density at radius 2 is 1.31 bits per heavy atom. The molecule has 1 aromatic rings. The summed E-state index contributed by atoms with van der Waals surface area (Å²) in [5, 5.41) is 0. The Kier molecular flexibility index (Phi) is 55.8. The molecule has 1 unspecified atom stereocenters. The number of thioether (sulfide) groups is 1. The van der Waals surface area contributed by atoms with Gasteiger partial charge in [0.05, 0.1) is 0 Å². The minimum atomic E-state index is 0. The fourth-order valence-electron chi connectivity index (χ4n) is 4.57. The van der Waals surface area contributed by atoms with Crippen LogP contribution in [0.1, 0.15) is 99.0 Å². The number of halogens is 2. The van der Waals surface area contributed by atoms with Crippen LogP contribution in [0.15, 0.2) is 24.5 Å². The van der Waals surface area contributed by atoms with Crippen molar-refractivity contribution in [2.24, 2.45) is 11.8 Å². The summed E-state index contributed by atoms with van der Waals surface area (Å²) in [5.74, 6) is 4.32. The number of hydrogen-bond acceptors (Lipinski definition) is 8. The van der Waals surface area contributed by atoms with Crippen molar-refractivity contribution in [2.75, 3.05) is 106 Å². The lowest BCUT2D eigenvalue weighted by molar-refractivity contribution is 0.175. The van der Waals surface area contributed by atoms with Crippen LogP contribution in [0.4, 0.5) is 0 Å².